The van der Waals surface area contributed by atoms with Crippen LogP contribution in [0.4, 0.5) is 0 Å². The lowest BCUT2D eigenvalue weighted by molar-refractivity contribution is -0.120. The molecule has 1 aliphatic heterocycles. The fourth-order valence-corrected chi connectivity index (χ4v) is 6.51. The van der Waals surface area contributed by atoms with Crippen LogP contribution in [0.1, 0.15) is 94.8 Å². The summed E-state index contributed by atoms with van der Waals surface area (Å²) < 4.78 is 17.8. The van der Waals surface area contributed by atoms with E-state index in [0.717, 1.165) is 16.7 Å². The monoisotopic (exact) mass is 586 g/mol. The van der Waals surface area contributed by atoms with Gasteiger partial charge in [-0.25, -0.2) is 9.78 Å². The summed E-state index contributed by atoms with van der Waals surface area (Å²) in [6.07, 6.45) is 1.92. The maximum Gasteiger partial charge on any atom is 0.357 e. The summed E-state index contributed by atoms with van der Waals surface area (Å²) >= 11 is 0. The molecule has 8 heteroatoms. The maximum atomic E-state index is 13.9. The van der Waals surface area contributed by atoms with Crippen LogP contribution < -0.4 is 10.5 Å². The molecule has 0 saturated carbocycles. The van der Waals surface area contributed by atoms with Crippen LogP contribution in [0.25, 0.3) is 11.3 Å². The number of nitrogens with two attached hydrogens (primary N) is 1. The molecule has 2 aliphatic carbocycles. The molecular formula is C35H42N2O6. The number of ether oxygens (including phenoxy) is 3. The maximum absolute atomic E-state index is 13.9. The third kappa shape index (κ3) is 6.03. The Labute approximate surface area is 253 Å². The highest BCUT2D eigenvalue weighted by molar-refractivity contribution is 6.06. The van der Waals surface area contributed by atoms with Crippen molar-refractivity contribution in [2.45, 2.75) is 85.6 Å². The highest BCUT2D eigenvalue weighted by Gasteiger charge is 2.49. The van der Waals surface area contributed by atoms with Crippen molar-refractivity contribution in [3.05, 3.63) is 69.8 Å². The van der Waals surface area contributed by atoms with Crippen LogP contribution in [0, 0.1) is 17.8 Å². The number of carbonyl (C=O) groups excluding carboxylic acids is 3. The number of esters is 1. The Balaban J connectivity index is 1.68. The second-order valence-corrected chi connectivity index (χ2v) is 14.4. The van der Waals surface area contributed by atoms with E-state index in [1.807, 2.05) is 25.1 Å². The van der Waals surface area contributed by atoms with Crippen molar-refractivity contribution in [2.75, 3.05) is 13.7 Å². The van der Waals surface area contributed by atoms with Crippen LogP contribution in [-0.4, -0.2) is 41.8 Å². The number of pyridine rings is 1. The first-order valence-corrected chi connectivity index (χ1v) is 14.8. The van der Waals surface area contributed by atoms with E-state index in [1.54, 1.807) is 33.1 Å². The van der Waals surface area contributed by atoms with E-state index in [1.165, 1.54) is 0 Å². The lowest BCUT2D eigenvalue weighted by Gasteiger charge is -2.43. The van der Waals surface area contributed by atoms with E-state index in [4.69, 9.17) is 19.9 Å². The minimum atomic E-state index is -0.670. The van der Waals surface area contributed by atoms with Crippen LogP contribution in [0.15, 0.2) is 53.0 Å². The van der Waals surface area contributed by atoms with E-state index in [9.17, 15) is 14.4 Å². The lowest BCUT2D eigenvalue weighted by atomic mass is 9.65. The molecule has 228 valence electrons. The van der Waals surface area contributed by atoms with Gasteiger partial charge >= 0.3 is 5.97 Å². The van der Waals surface area contributed by atoms with Crippen molar-refractivity contribution >= 4 is 17.5 Å². The average Bonchev–Trinajstić information content (AvgIpc) is 2.88. The van der Waals surface area contributed by atoms with Crippen LogP contribution in [0.3, 0.4) is 0 Å². The summed E-state index contributed by atoms with van der Waals surface area (Å²) in [4.78, 5) is 45.2. The molecule has 8 nitrogen and oxygen atoms in total. The van der Waals surface area contributed by atoms with Crippen LogP contribution in [0.5, 0.6) is 5.75 Å². The summed E-state index contributed by atoms with van der Waals surface area (Å²) in [5, 5.41) is 0. The number of hydrogen-bond acceptors (Lipinski definition) is 8. The molecule has 0 saturated heterocycles. The predicted molar refractivity (Wildman–Crippen MR) is 163 cm³/mol. The van der Waals surface area contributed by atoms with Gasteiger partial charge in [-0.1, -0.05) is 33.8 Å². The molecule has 2 N–H and O–H groups in total. The highest BCUT2D eigenvalue weighted by atomic mass is 16.5. The zero-order valence-electron chi connectivity index (χ0n) is 26.5. The van der Waals surface area contributed by atoms with Crippen LogP contribution in [0.2, 0.25) is 0 Å². The number of carbonyl (C=O) groups is 3. The molecule has 0 spiro atoms. The summed E-state index contributed by atoms with van der Waals surface area (Å²) in [7, 11) is 1.59. The number of rotatable bonds is 6. The summed E-state index contributed by atoms with van der Waals surface area (Å²) in [5.74, 6) is 0.646. The normalized spacial score (nSPS) is 19.9. The Bertz CT molecular complexity index is 1540. The van der Waals surface area contributed by atoms with Gasteiger partial charge in [0, 0.05) is 53.5 Å². The van der Waals surface area contributed by atoms with Gasteiger partial charge in [-0.05, 0) is 61.4 Å². The van der Waals surface area contributed by atoms with E-state index in [2.05, 4.69) is 32.7 Å². The van der Waals surface area contributed by atoms with E-state index in [-0.39, 0.29) is 34.7 Å². The van der Waals surface area contributed by atoms with Crippen LogP contribution in [-0.2, 0) is 19.1 Å². The number of Topliss-reactive ketones (excluding diaryl/α,β-unsaturated/α-hetero) is 2. The van der Waals surface area contributed by atoms with Crippen molar-refractivity contribution in [3.63, 3.8) is 0 Å². The first-order chi connectivity index (χ1) is 20.0. The third-order valence-electron chi connectivity index (χ3n) is 8.37. The number of aromatic nitrogens is 1. The predicted octanol–water partition coefficient (Wildman–Crippen LogP) is 6.36. The molecule has 0 radical (unpaired) electrons. The molecular weight excluding hydrogens is 544 g/mol. The smallest absolute Gasteiger partial charge is 0.357 e. The fourth-order valence-electron chi connectivity index (χ4n) is 6.51. The minimum Gasteiger partial charge on any atom is -0.496 e. The van der Waals surface area contributed by atoms with Gasteiger partial charge in [0.25, 0.3) is 0 Å². The van der Waals surface area contributed by atoms with Crippen LogP contribution >= 0.6 is 0 Å². The van der Waals surface area contributed by atoms with Gasteiger partial charge < -0.3 is 19.9 Å². The van der Waals surface area contributed by atoms with E-state index >= 15 is 0 Å². The van der Waals surface area contributed by atoms with Gasteiger partial charge in [-0.2, -0.15) is 0 Å². The largest absolute Gasteiger partial charge is 0.496 e. The first kappa shape index (κ1) is 30.7. The Morgan fingerprint density at radius 1 is 0.977 bits per heavy atom. The van der Waals surface area contributed by atoms with Crippen molar-refractivity contribution in [2.24, 2.45) is 16.6 Å². The molecule has 0 atom stereocenters. The Morgan fingerprint density at radius 3 is 2.09 bits per heavy atom. The van der Waals surface area contributed by atoms with Gasteiger partial charge in [-0.15, -0.1) is 0 Å². The average molecular weight is 587 g/mol. The zero-order valence-corrected chi connectivity index (χ0v) is 26.5. The summed E-state index contributed by atoms with van der Waals surface area (Å²) in [6.45, 7) is 13.8. The molecule has 0 amide bonds. The first-order valence-electron chi connectivity index (χ1n) is 14.8. The molecule has 2 heterocycles. The summed E-state index contributed by atoms with van der Waals surface area (Å²) in [6, 6.07) is 8.91. The van der Waals surface area contributed by atoms with Gasteiger partial charge in [0.1, 0.15) is 29.6 Å². The molecule has 0 fully saturated rings. The number of allylic oxidation sites excluding steroid dienone is 4. The van der Waals surface area contributed by atoms with E-state index in [0.29, 0.717) is 59.8 Å². The topological polar surface area (TPSA) is 118 Å². The molecule has 2 aromatic rings. The minimum absolute atomic E-state index is 0.0158. The van der Waals surface area contributed by atoms with Gasteiger partial charge in [-0.3, -0.25) is 9.59 Å². The van der Waals surface area contributed by atoms with Crippen molar-refractivity contribution < 1.29 is 28.6 Å². The van der Waals surface area contributed by atoms with Crippen molar-refractivity contribution in [3.8, 4) is 17.0 Å². The molecule has 1 aromatic heterocycles. The molecule has 0 bridgehead atoms. The second kappa shape index (κ2) is 10.7. The van der Waals surface area contributed by atoms with Crippen molar-refractivity contribution in [1.29, 1.82) is 0 Å². The molecule has 3 aliphatic rings. The Kier molecular flexibility index (Phi) is 7.66. The number of benzene rings is 1. The standard InChI is InChI=1S/C35H42N2O6/c1-19-20(21-10-9-11-22(37-21)32(40)42-18-35(6,7)36)12-13-25(41-8)28(19)31-29-23(38)14-33(2,3)16-26(29)43-27-17-34(4,5)15-24(39)30(27)31/h9-13,31H,14-18,36H2,1-8H3. The third-order valence-corrected chi connectivity index (χ3v) is 8.37. The SMILES string of the molecule is COc1ccc(-c2cccc(C(=O)OCC(C)(C)N)n2)c(C)c1C1C2=C(CC(C)(C)CC2=O)OC2=C1C(=O)CC(C)(C)C2. The van der Waals surface area contributed by atoms with Gasteiger partial charge in [0.15, 0.2) is 11.6 Å². The van der Waals surface area contributed by atoms with Gasteiger partial charge in [0.05, 0.1) is 18.7 Å². The van der Waals surface area contributed by atoms with Crippen molar-refractivity contribution in [1.82, 2.24) is 4.98 Å². The van der Waals surface area contributed by atoms with E-state index < -0.39 is 17.4 Å². The second-order valence-electron chi connectivity index (χ2n) is 14.4. The quantitative estimate of drug-likeness (QED) is 0.389. The number of methoxy groups -OCH3 is 1. The highest BCUT2D eigenvalue weighted by Crippen LogP contribution is 2.55. The zero-order chi connectivity index (χ0) is 31.5. The molecule has 1 aromatic carbocycles. The number of ketones is 2. The summed E-state index contributed by atoms with van der Waals surface area (Å²) in [5.41, 5.74) is 8.91. The molecule has 43 heavy (non-hydrogen) atoms. The van der Waals surface area contributed by atoms with Gasteiger partial charge in [0.2, 0.25) is 0 Å². The molecule has 5 rings (SSSR count). The molecule has 0 unspecified atom stereocenters. The Morgan fingerprint density at radius 2 is 1.56 bits per heavy atom. The lowest BCUT2D eigenvalue weighted by Crippen LogP contribution is -2.38. The fraction of sp³-hybridized carbons (Fsp3) is 0.486. The number of nitrogens with zero attached hydrogens (tertiary/aromatic N) is 1. The Hall–Kier alpha value is -3.78. The number of hydrogen-bond donors (Lipinski definition) is 1.